The van der Waals surface area contributed by atoms with Gasteiger partial charge in [0.15, 0.2) is 11.5 Å². The number of aliphatic carboxylic acids is 1. The van der Waals surface area contributed by atoms with E-state index >= 15 is 0 Å². The van der Waals surface area contributed by atoms with Gasteiger partial charge in [-0.25, -0.2) is 4.39 Å². The third-order valence-electron chi connectivity index (χ3n) is 2.82. The Morgan fingerprint density at radius 2 is 1.89 bits per heavy atom. The number of hydrogen-bond acceptors (Lipinski definition) is 3. The lowest BCUT2D eigenvalue weighted by molar-refractivity contribution is -0.138. The highest BCUT2D eigenvalue weighted by Crippen LogP contribution is 2.45. The molecule has 0 aromatic heterocycles. The minimum absolute atomic E-state index is 0.192. The molecule has 0 amide bonds. The lowest BCUT2D eigenvalue weighted by atomic mass is 9.80. The molecule has 0 saturated carbocycles. The van der Waals surface area contributed by atoms with E-state index in [9.17, 15) is 9.18 Å². The molecule has 106 valence electrons. The predicted molar refractivity (Wildman–Crippen MR) is 72.5 cm³/mol. The van der Waals surface area contributed by atoms with Crippen LogP contribution in [0.4, 0.5) is 4.39 Å². The van der Waals surface area contributed by atoms with Gasteiger partial charge in [0, 0.05) is 11.0 Å². The Morgan fingerprint density at radius 3 is 2.32 bits per heavy atom. The first-order chi connectivity index (χ1) is 8.74. The molecule has 0 atom stereocenters. The van der Waals surface area contributed by atoms with Gasteiger partial charge in [0.05, 0.1) is 25.1 Å². The number of ether oxygens (including phenoxy) is 2. The number of carboxylic acids is 1. The SMILES string of the molecule is COc1c(Br)cc(F)c(C(C)(C)CC(=O)O)c1OC. The minimum Gasteiger partial charge on any atom is -0.492 e. The minimum atomic E-state index is -1.01. The second-order valence-corrected chi connectivity index (χ2v) is 5.59. The highest BCUT2D eigenvalue weighted by atomic mass is 79.9. The molecule has 0 aliphatic heterocycles. The van der Waals surface area contributed by atoms with Crippen LogP contribution in [-0.2, 0) is 10.2 Å². The van der Waals surface area contributed by atoms with Gasteiger partial charge in [0.25, 0.3) is 0 Å². The number of hydrogen-bond donors (Lipinski definition) is 1. The Morgan fingerprint density at radius 1 is 1.37 bits per heavy atom. The maximum Gasteiger partial charge on any atom is 0.304 e. The van der Waals surface area contributed by atoms with E-state index in [-0.39, 0.29) is 17.7 Å². The van der Waals surface area contributed by atoms with Crippen LogP contribution in [0.3, 0.4) is 0 Å². The number of methoxy groups -OCH3 is 2. The zero-order valence-corrected chi connectivity index (χ0v) is 12.8. The van der Waals surface area contributed by atoms with Gasteiger partial charge in [-0.2, -0.15) is 0 Å². The summed E-state index contributed by atoms with van der Waals surface area (Å²) in [6.45, 7) is 3.30. The van der Waals surface area contributed by atoms with Crippen molar-refractivity contribution in [3.05, 3.63) is 21.9 Å². The van der Waals surface area contributed by atoms with E-state index in [1.807, 2.05) is 0 Å². The van der Waals surface area contributed by atoms with Gasteiger partial charge in [0.1, 0.15) is 5.82 Å². The fraction of sp³-hybridized carbons (Fsp3) is 0.462. The zero-order valence-electron chi connectivity index (χ0n) is 11.2. The van der Waals surface area contributed by atoms with Crippen LogP contribution in [0.25, 0.3) is 0 Å². The van der Waals surface area contributed by atoms with Gasteiger partial charge in [-0.1, -0.05) is 13.8 Å². The summed E-state index contributed by atoms with van der Waals surface area (Å²) < 4.78 is 25.0. The Labute approximate surface area is 119 Å². The van der Waals surface area contributed by atoms with Crippen LogP contribution >= 0.6 is 15.9 Å². The van der Waals surface area contributed by atoms with E-state index in [4.69, 9.17) is 14.6 Å². The summed E-state index contributed by atoms with van der Waals surface area (Å²) in [6, 6.07) is 1.25. The molecule has 0 saturated heterocycles. The Kier molecular flexibility index (Phi) is 4.79. The van der Waals surface area contributed by atoms with Crippen molar-refractivity contribution in [1.29, 1.82) is 0 Å². The summed E-state index contributed by atoms with van der Waals surface area (Å²) in [7, 11) is 2.83. The number of benzene rings is 1. The fourth-order valence-electron chi connectivity index (χ4n) is 2.06. The molecule has 1 N–H and O–H groups in total. The first-order valence-electron chi connectivity index (χ1n) is 5.56. The van der Waals surface area contributed by atoms with E-state index in [0.717, 1.165) is 0 Å². The maximum atomic E-state index is 14.2. The molecule has 0 aliphatic carbocycles. The summed E-state index contributed by atoms with van der Waals surface area (Å²) in [5, 5.41) is 8.94. The maximum absolute atomic E-state index is 14.2. The summed E-state index contributed by atoms with van der Waals surface area (Å²) in [5.74, 6) is -0.984. The van der Waals surface area contributed by atoms with E-state index < -0.39 is 17.2 Å². The molecule has 0 heterocycles. The Hall–Kier alpha value is -1.30. The van der Waals surface area contributed by atoms with Crippen LogP contribution < -0.4 is 9.47 Å². The van der Waals surface area contributed by atoms with Crippen LogP contribution in [0.1, 0.15) is 25.8 Å². The lowest BCUT2D eigenvalue weighted by Gasteiger charge is -2.27. The smallest absolute Gasteiger partial charge is 0.304 e. The highest BCUT2D eigenvalue weighted by Gasteiger charge is 2.33. The molecule has 6 heteroatoms. The lowest BCUT2D eigenvalue weighted by Crippen LogP contribution is -2.24. The van der Waals surface area contributed by atoms with E-state index in [1.54, 1.807) is 13.8 Å². The van der Waals surface area contributed by atoms with Crippen LogP contribution in [0, 0.1) is 5.82 Å². The molecule has 19 heavy (non-hydrogen) atoms. The average Bonchev–Trinajstić information content (AvgIpc) is 2.25. The second-order valence-electron chi connectivity index (χ2n) is 4.74. The van der Waals surface area contributed by atoms with Crippen molar-refractivity contribution in [3.8, 4) is 11.5 Å². The molecule has 0 fully saturated rings. The van der Waals surface area contributed by atoms with Crippen molar-refractivity contribution in [2.24, 2.45) is 0 Å². The van der Waals surface area contributed by atoms with Crippen molar-refractivity contribution in [1.82, 2.24) is 0 Å². The first kappa shape index (κ1) is 15.8. The fourth-order valence-corrected chi connectivity index (χ4v) is 2.60. The molecule has 1 aromatic rings. The average molecular weight is 335 g/mol. The highest BCUT2D eigenvalue weighted by molar-refractivity contribution is 9.10. The predicted octanol–water partition coefficient (Wildman–Crippen LogP) is 3.36. The molecular weight excluding hydrogens is 319 g/mol. The standard InChI is InChI=1S/C13H16BrFO4/c1-13(2,6-9(16)17)10-8(15)5-7(14)11(18-3)12(10)19-4/h5H,6H2,1-4H3,(H,16,17). The third-order valence-corrected chi connectivity index (χ3v) is 3.41. The van der Waals surface area contributed by atoms with E-state index in [1.165, 1.54) is 20.3 Å². The molecule has 0 unspecified atom stereocenters. The van der Waals surface area contributed by atoms with Crippen LogP contribution in [0.15, 0.2) is 10.5 Å². The largest absolute Gasteiger partial charge is 0.492 e. The van der Waals surface area contributed by atoms with Crippen molar-refractivity contribution in [3.63, 3.8) is 0 Å². The molecule has 4 nitrogen and oxygen atoms in total. The van der Waals surface area contributed by atoms with E-state index in [2.05, 4.69) is 15.9 Å². The first-order valence-corrected chi connectivity index (χ1v) is 6.36. The third kappa shape index (κ3) is 3.18. The quantitative estimate of drug-likeness (QED) is 0.897. The van der Waals surface area contributed by atoms with Crippen molar-refractivity contribution >= 4 is 21.9 Å². The number of carbonyl (C=O) groups is 1. The summed E-state index contributed by atoms with van der Waals surface area (Å²) in [5.41, 5.74) is -0.729. The molecule has 0 spiro atoms. The molecule has 0 aliphatic rings. The summed E-state index contributed by atoms with van der Waals surface area (Å²) in [6.07, 6.45) is -0.217. The van der Waals surface area contributed by atoms with Crippen molar-refractivity contribution < 1.29 is 23.8 Å². The summed E-state index contributed by atoms with van der Waals surface area (Å²) >= 11 is 3.19. The van der Waals surface area contributed by atoms with Gasteiger partial charge < -0.3 is 14.6 Å². The molecule has 1 rings (SSSR count). The number of rotatable bonds is 5. The normalized spacial score (nSPS) is 11.3. The van der Waals surface area contributed by atoms with Gasteiger partial charge in [-0.3, -0.25) is 4.79 Å². The van der Waals surface area contributed by atoms with Crippen LogP contribution in [0.5, 0.6) is 11.5 Å². The second kappa shape index (κ2) is 5.77. The Balaban J connectivity index is 3.53. The molecule has 0 radical (unpaired) electrons. The summed E-state index contributed by atoms with van der Waals surface area (Å²) in [4.78, 5) is 10.9. The van der Waals surface area contributed by atoms with Gasteiger partial charge in [0.2, 0.25) is 0 Å². The molecule has 0 bridgehead atoms. The van der Waals surface area contributed by atoms with Crippen LogP contribution in [0.2, 0.25) is 0 Å². The molecule has 1 aromatic carbocycles. The van der Waals surface area contributed by atoms with Crippen molar-refractivity contribution in [2.45, 2.75) is 25.7 Å². The van der Waals surface area contributed by atoms with Crippen LogP contribution in [-0.4, -0.2) is 25.3 Å². The van der Waals surface area contributed by atoms with E-state index in [0.29, 0.717) is 10.2 Å². The monoisotopic (exact) mass is 334 g/mol. The van der Waals surface area contributed by atoms with Gasteiger partial charge in [-0.05, 0) is 22.0 Å². The number of halogens is 2. The Bertz CT molecular complexity index is 500. The van der Waals surface area contributed by atoms with Gasteiger partial charge in [-0.15, -0.1) is 0 Å². The van der Waals surface area contributed by atoms with Crippen molar-refractivity contribution in [2.75, 3.05) is 14.2 Å². The topological polar surface area (TPSA) is 55.8 Å². The zero-order chi connectivity index (χ0) is 14.8. The number of carboxylic acid groups (broad SMARTS) is 1. The molecular formula is C13H16BrFO4. The van der Waals surface area contributed by atoms with Gasteiger partial charge >= 0.3 is 5.97 Å².